The van der Waals surface area contributed by atoms with Gasteiger partial charge in [-0.3, -0.25) is 9.79 Å². The summed E-state index contributed by atoms with van der Waals surface area (Å²) >= 11 is 0. The van der Waals surface area contributed by atoms with E-state index < -0.39 is 0 Å². The summed E-state index contributed by atoms with van der Waals surface area (Å²) in [6.45, 7) is 0.441. The minimum Gasteiger partial charge on any atom is -0.496 e. The quantitative estimate of drug-likeness (QED) is 0.591. The molecular weight excluding hydrogens is 400 g/mol. The highest BCUT2D eigenvalue weighted by molar-refractivity contribution is 6.20. The van der Waals surface area contributed by atoms with E-state index in [1.54, 1.807) is 26.2 Å². The maximum Gasteiger partial charge on any atom is 0.248 e. The second kappa shape index (κ2) is 9.51. The summed E-state index contributed by atoms with van der Waals surface area (Å²) in [6, 6.07) is 21.9. The number of benzene rings is 3. The van der Waals surface area contributed by atoms with Crippen LogP contribution in [-0.2, 0) is 9.53 Å². The number of carbonyl (C=O) groups excluding carboxylic acids is 1. The molecule has 0 fully saturated rings. The number of fused-ring (bicyclic) bond motifs is 1. The molecule has 0 aliphatic carbocycles. The first kappa shape index (κ1) is 21.4. The van der Waals surface area contributed by atoms with Crippen molar-refractivity contribution in [2.45, 2.75) is 0 Å². The summed E-state index contributed by atoms with van der Waals surface area (Å²) in [6.07, 6.45) is 0. The molecule has 160 valence electrons. The highest BCUT2D eigenvalue weighted by Gasteiger charge is 2.25. The molecule has 1 heterocycles. The standard InChI is InChI=1S/C27H24N2O3/c1-29-24-17-25(32-3)22(20-11-5-4-6-12-20)16-23(24)27(28-18-26(29)30)21-13-7-9-19(15-21)10-8-14-31-2/h4-7,9,11-13,15-17H,14,18H2,1-3H3. The average molecular weight is 425 g/mol. The van der Waals surface area contributed by atoms with Crippen molar-refractivity contribution in [1.82, 2.24) is 0 Å². The van der Waals surface area contributed by atoms with Gasteiger partial charge in [0.2, 0.25) is 5.91 Å². The number of ether oxygens (including phenoxy) is 2. The Labute approximate surface area is 188 Å². The number of nitrogens with zero attached hydrogens (tertiary/aromatic N) is 2. The first-order valence-corrected chi connectivity index (χ1v) is 10.3. The van der Waals surface area contributed by atoms with Gasteiger partial charge < -0.3 is 14.4 Å². The van der Waals surface area contributed by atoms with E-state index in [1.807, 2.05) is 60.7 Å². The monoisotopic (exact) mass is 424 g/mol. The topological polar surface area (TPSA) is 51.1 Å². The molecule has 0 radical (unpaired) electrons. The van der Waals surface area contributed by atoms with Gasteiger partial charge in [0.15, 0.2) is 0 Å². The summed E-state index contributed by atoms with van der Waals surface area (Å²) < 4.78 is 10.7. The molecule has 0 saturated carbocycles. The maximum atomic E-state index is 12.7. The zero-order chi connectivity index (χ0) is 22.5. The number of amides is 1. The van der Waals surface area contributed by atoms with E-state index in [1.165, 1.54) is 0 Å². The minimum atomic E-state index is -0.0770. The van der Waals surface area contributed by atoms with Crippen molar-refractivity contribution in [2.75, 3.05) is 39.3 Å². The van der Waals surface area contributed by atoms with Crippen molar-refractivity contribution in [3.63, 3.8) is 0 Å². The number of rotatable bonds is 4. The molecule has 3 aromatic rings. The molecular formula is C27H24N2O3. The summed E-state index contributed by atoms with van der Waals surface area (Å²) in [5.41, 5.74) is 6.14. The number of benzodiazepines with no additional fused rings is 1. The maximum absolute atomic E-state index is 12.7. The highest BCUT2D eigenvalue weighted by atomic mass is 16.5. The Bertz CT molecular complexity index is 1240. The summed E-state index contributed by atoms with van der Waals surface area (Å²) in [5.74, 6) is 6.72. The van der Waals surface area contributed by atoms with E-state index in [0.29, 0.717) is 12.4 Å². The minimum absolute atomic E-state index is 0.0725. The zero-order valence-electron chi connectivity index (χ0n) is 18.4. The van der Waals surface area contributed by atoms with Crippen molar-refractivity contribution < 1.29 is 14.3 Å². The van der Waals surface area contributed by atoms with Crippen LogP contribution in [0.3, 0.4) is 0 Å². The van der Waals surface area contributed by atoms with E-state index in [0.717, 1.165) is 39.2 Å². The molecule has 3 aromatic carbocycles. The van der Waals surface area contributed by atoms with Gasteiger partial charge in [-0.05, 0) is 23.8 Å². The summed E-state index contributed by atoms with van der Waals surface area (Å²) in [5, 5.41) is 0. The normalized spacial score (nSPS) is 12.9. The Kier molecular flexibility index (Phi) is 6.34. The lowest BCUT2D eigenvalue weighted by atomic mass is 9.94. The molecule has 0 unspecified atom stereocenters. The second-order valence-electron chi connectivity index (χ2n) is 7.37. The lowest BCUT2D eigenvalue weighted by molar-refractivity contribution is -0.116. The van der Waals surface area contributed by atoms with Crippen molar-refractivity contribution in [3.05, 3.63) is 83.4 Å². The third kappa shape index (κ3) is 4.27. The molecule has 4 rings (SSSR count). The zero-order valence-corrected chi connectivity index (χ0v) is 18.4. The smallest absolute Gasteiger partial charge is 0.248 e. The van der Waals surface area contributed by atoms with E-state index in [-0.39, 0.29) is 12.5 Å². The van der Waals surface area contributed by atoms with Crippen LogP contribution in [0.4, 0.5) is 5.69 Å². The van der Waals surface area contributed by atoms with Gasteiger partial charge in [-0.25, -0.2) is 0 Å². The van der Waals surface area contributed by atoms with Crippen LogP contribution in [0.1, 0.15) is 16.7 Å². The summed E-state index contributed by atoms with van der Waals surface area (Å²) in [4.78, 5) is 19.0. The number of carbonyl (C=O) groups is 1. The Morgan fingerprint density at radius 2 is 1.75 bits per heavy atom. The van der Waals surface area contributed by atoms with Crippen LogP contribution in [0, 0.1) is 11.8 Å². The van der Waals surface area contributed by atoms with E-state index in [2.05, 4.69) is 17.9 Å². The molecule has 0 saturated heterocycles. The van der Waals surface area contributed by atoms with Gasteiger partial charge in [0, 0.05) is 42.5 Å². The van der Waals surface area contributed by atoms with Gasteiger partial charge in [0.25, 0.3) is 0 Å². The van der Waals surface area contributed by atoms with Crippen LogP contribution in [0.5, 0.6) is 5.75 Å². The van der Waals surface area contributed by atoms with Crippen molar-refractivity contribution in [1.29, 1.82) is 0 Å². The van der Waals surface area contributed by atoms with E-state index >= 15 is 0 Å². The first-order valence-electron chi connectivity index (χ1n) is 10.3. The highest BCUT2D eigenvalue weighted by Crippen LogP contribution is 2.38. The van der Waals surface area contributed by atoms with Crippen LogP contribution >= 0.6 is 0 Å². The fraction of sp³-hybridized carbons (Fsp3) is 0.185. The van der Waals surface area contributed by atoms with Crippen LogP contribution in [0.15, 0.2) is 71.7 Å². The van der Waals surface area contributed by atoms with Gasteiger partial charge in [-0.2, -0.15) is 0 Å². The fourth-order valence-electron chi connectivity index (χ4n) is 3.72. The molecule has 0 spiro atoms. The molecule has 0 bridgehead atoms. The predicted octanol–water partition coefficient (Wildman–Crippen LogP) is 4.17. The molecule has 32 heavy (non-hydrogen) atoms. The molecule has 5 nitrogen and oxygen atoms in total. The van der Waals surface area contributed by atoms with Crippen LogP contribution in [0.2, 0.25) is 0 Å². The van der Waals surface area contributed by atoms with Gasteiger partial charge in [0.1, 0.15) is 18.9 Å². The molecule has 0 N–H and O–H groups in total. The van der Waals surface area contributed by atoms with Crippen molar-refractivity contribution >= 4 is 17.3 Å². The second-order valence-corrected chi connectivity index (χ2v) is 7.37. The Morgan fingerprint density at radius 1 is 0.969 bits per heavy atom. The van der Waals surface area contributed by atoms with Gasteiger partial charge in [-0.1, -0.05) is 54.3 Å². The number of likely N-dealkylation sites (N-methyl/N-ethyl adjacent to an activating group) is 1. The largest absolute Gasteiger partial charge is 0.496 e. The molecule has 0 atom stereocenters. The number of aliphatic imine (C=N–C) groups is 1. The Hall–Kier alpha value is -3.88. The molecule has 1 amide bonds. The van der Waals surface area contributed by atoms with Gasteiger partial charge in [-0.15, -0.1) is 0 Å². The van der Waals surface area contributed by atoms with Crippen LogP contribution < -0.4 is 9.64 Å². The first-order chi connectivity index (χ1) is 15.6. The number of hydrogen-bond donors (Lipinski definition) is 0. The Balaban J connectivity index is 1.90. The molecule has 0 aromatic heterocycles. The molecule has 1 aliphatic rings. The molecule has 1 aliphatic heterocycles. The van der Waals surface area contributed by atoms with E-state index in [9.17, 15) is 4.79 Å². The van der Waals surface area contributed by atoms with Gasteiger partial charge in [0.05, 0.1) is 18.5 Å². The lowest BCUT2D eigenvalue weighted by Gasteiger charge is -2.21. The fourth-order valence-corrected chi connectivity index (χ4v) is 3.72. The molecule has 5 heteroatoms. The third-order valence-electron chi connectivity index (χ3n) is 5.35. The third-order valence-corrected chi connectivity index (χ3v) is 5.35. The Morgan fingerprint density at radius 3 is 2.50 bits per heavy atom. The SMILES string of the molecule is COCC#Cc1cccc(C2=NCC(=O)N(C)c3cc(OC)c(-c4ccccc4)cc32)c1. The van der Waals surface area contributed by atoms with Crippen LogP contribution in [0.25, 0.3) is 11.1 Å². The average Bonchev–Trinajstić information content (AvgIpc) is 2.95. The predicted molar refractivity (Wildman–Crippen MR) is 128 cm³/mol. The lowest BCUT2D eigenvalue weighted by Crippen LogP contribution is -2.27. The van der Waals surface area contributed by atoms with E-state index in [4.69, 9.17) is 14.5 Å². The number of anilines is 1. The van der Waals surface area contributed by atoms with Crippen LogP contribution in [-0.4, -0.2) is 46.0 Å². The van der Waals surface area contributed by atoms with Gasteiger partial charge >= 0.3 is 0 Å². The van der Waals surface area contributed by atoms with Crippen molar-refractivity contribution in [3.8, 4) is 28.7 Å². The number of hydrogen-bond acceptors (Lipinski definition) is 4. The summed E-state index contributed by atoms with van der Waals surface area (Å²) in [7, 11) is 5.03. The van der Waals surface area contributed by atoms with Crippen molar-refractivity contribution in [2.24, 2.45) is 4.99 Å². The number of methoxy groups -OCH3 is 2.